The number of ether oxygens (including phenoxy) is 1. The lowest BCUT2D eigenvalue weighted by Gasteiger charge is -2.27. The Morgan fingerprint density at radius 1 is 1.33 bits per heavy atom. The average molecular weight is 349 g/mol. The number of hydrogen-bond acceptors (Lipinski definition) is 4. The summed E-state index contributed by atoms with van der Waals surface area (Å²) in [5, 5.41) is 0. The van der Waals surface area contributed by atoms with Crippen molar-refractivity contribution in [1.29, 1.82) is 0 Å². The van der Waals surface area contributed by atoms with Crippen molar-refractivity contribution in [2.24, 2.45) is 0 Å². The minimum Gasteiger partial charge on any atom is -0.598 e. The molecule has 0 aromatic heterocycles. The maximum absolute atomic E-state index is 12.6. The molecule has 1 aromatic rings. The van der Waals surface area contributed by atoms with Crippen molar-refractivity contribution in [3.05, 3.63) is 47.5 Å². The van der Waals surface area contributed by atoms with Gasteiger partial charge in [-0.3, -0.25) is 0 Å². The molecule has 0 unspecified atom stereocenters. The normalized spacial score (nSPS) is 19.1. The number of benzene rings is 1. The maximum atomic E-state index is 12.6. The predicted molar refractivity (Wildman–Crippen MR) is 97.9 cm³/mol. The number of nitrogens with zero attached hydrogens (tertiary/aromatic N) is 1. The van der Waals surface area contributed by atoms with E-state index < -0.39 is 11.4 Å². The van der Waals surface area contributed by atoms with Crippen molar-refractivity contribution in [2.45, 2.75) is 45.6 Å². The molecule has 1 heterocycles. The number of aryl methyl sites for hydroxylation is 1. The molecule has 0 saturated carbocycles. The van der Waals surface area contributed by atoms with Gasteiger partial charge in [0.1, 0.15) is 5.75 Å². The molecular weight excluding hydrogens is 322 g/mol. The molecule has 0 aliphatic carbocycles. The Balaban J connectivity index is 2.06. The standard InChI is InChI=1S/C19H27NO3S/c1-3-5-15-24(22)20-14-13-17(19(21)23-4-2)18(20)12-11-16-9-7-6-8-10-16/h6-10,13,18H,3-5,11-12,14-15H2,1-2H3/t18-,24-/m0/s1. The molecule has 0 fully saturated rings. The summed E-state index contributed by atoms with van der Waals surface area (Å²) in [6.07, 6.45) is 5.46. The molecule has 0 saturated heterocycles. The first-order valence-electron chi connectivity index (χ1n) is 8.73. The van der Waals surface area contributed by atoms with E-state index in [4.69, 9.17) is 4.74 Å². The minimum atomic E-state index is -1.05. The molecule has 1 aliphatic rings. The van der Waals surface area contributed by atoms with Crippen LogP contribution in [0, 0.1) is 0 Å². The zero-order valence-corrected chi connectivity index (χ0v) is 15.4. The third kappa shape index (κ3) is 5.10. The van der Waals surface area contributed by atoms with E-state index in [2.05, 4.69) is 19.1 Å². The first-order valence-corrected chi connectivity index (χ1v) is 10.0. The van der Waals surface area contributed by atoms with Crippen LogP contribution in [0.15, 0.2) is 42.0 Å². The Labute approximate surface area is 148 Å². The highest BCUT2D eigenvalue weighted by molar-refractivity contribution is 7.89. The Morgan fingerprint density at radius 3 is 2.75 bits per heavy atom. The smallest absolute Gasteiger partial charge is 0.335 e. The topological polar surface area (TPSA) is 52.6 Å². The number of rotatable bonds is 9. The second kappa shape index (κ2) is 9.87. The Morgan fingerprint density at radius 2 is 2.08 bits per heavy atom. The molecule has 2 rings (SSSR count). The SMILES string of the molecule is CCCC[S@+]([O-])N1CC=C(C(=O)OCC)[C@@H]1CCc1ccccc1. The van der Waals surface area contributed by atoms with Gasteiger partial charge in [0, 0.05) is 11.4 Å². The van der Waals surface area contributed by atoms with Crippen LogP contribution < -0.4 is 0 Å². The van der Waals surface area contributed by atoms with Crippen molar-refractivity contribution < 1.29 is 14.1 Å². The van der Waals surface area contributed by atoms with Gasteiger partial charge in [0.25, 0.3) is 0 Å². The van der Waals surface area contributed by atoms with E-state index in [-0.39, 0.29) is 12.0 Å². The summed E-state index contributed by atoms with van der Waals surface area (Å²) in [5.74, 6) is 0.382. The van der Waals surface area contributed by atoms with Crippen LogP contribution in [0.25, 0.3) is 0 Å². The van der Waals surface area contributed by atoms with Crippen LogP contribution in [0.3, 0.4) is 0 Å². The van der Waals surface area contributed by atoms with Crippen molar-refractivity contribution in [1.82, 2.24) is 4.31 Å². The highest BCUT2D eigenvalue weighted by Gasteiger charge is 2.38. The monoisotopic (exact) mass is 349 g/mol. The molecule has 132 valence electrons. The van der Waals surface area contributed by atoms with E-state index >= 15 is 0 Å². The fourth-order valence-corrected chi connectivity index (χ4v) is 4.41. The highest BCUT2D eigenvalue weighted by Crippen LogP contribution is 2.27. The van der Waals surface area contributed by atoms with Gasteiger partial charge in [-0.1, -0.05) is 49.8 Å². The van der Waals surface area contributed by atoms with E-state index in [1.165, 1.54) is 5.56 Å². The van der Waals surface area contributed by atoms with Crippen LogP contribution >= 0.6 is 0 Å². The molecule has 0 spiro atoms. The van der Waals surface area contributed by atoms with E-state index in [1.807, 2.05) is 35.5 Å². The van der Waals surface area contributed by atoms with Crippen molar-refractivity contribution in [3.8, 4) is 0 Å². The van der Waals surface area contributed by atoms with Gasteiger partial charge in [0.15, 0.2) is 0 Å². The van der Waals surface area contributed by atoms with Crippen LogP contribution in [0.1, 0.15) is 38.7 Å². The van der Waals surface area contributed by atoms with E-state index in [0.29, 0.717) is 24.5 Å². The summed E-state index contributed by atoms with van der Waals surface area (Å²) in [4.78, 5) is 12.2. The summed E-state index contributed by atoms with van der Waals surface area (Å²) in [7, 11) is 0. The lowest BCUT2D eigenvalue weighted by molar-refractivity contribution is -0.138. The fourth-order valence-electron chi connectivity index (χ4n) is 2.90. The zero-order chi connectivity index (χ0) is 17.4. The van der Waals surface area contributed by atoms with Gasteiger partial charge < -0.3 is 9.29 Å². The number of carbonyl (C=O) groups is 1. The second-order valence-electron chi connectivity index (χ2n) is 5.90. The van der Waals surface area contributed by atoms with Crippen LogP contribution in [0.2, 0.25) is 0 Å². The zero-order valence-electron chi connectivity index (χ0n) is 14.6. The molecule has 5 heteroatoms. The summed E-state index contributed by atoms with van der Waals surface area (Å²) >= 11 is -1.05. The van der Waals surface area contributed by atoms with E-state index in [9.17, 15) is 9.35 Å². The summed E-state index contributed by atoms with van der Waals surface area (Å²) in [6, 6.07) is 10.1. The van der Waals surface area contributed by atoms with Crippen LogP contribution in [0.4, 0.5) is 0 Å². The first kappa shape index (κ1) is 19.0. The van der Waals surface area contributed by atoms with Crippen molar-refractivity contribution >= 4 is 17.3 Å². The molecule has 0 amide bonds. The quantitative estimate of drug-likeness (QED) is 0.507. The number of carbonyl (C=O) groups excluding carboxylic acids is 1. The Hall–Kier alpha value is -1.30. The molecule has 0 bridgehead atoms. The Bertz CT molecular complexity index is 547. The average Bonchev–Trinajstić information content (AvgIpc) is 3.03. The van der Waals surface area contributed by atoms with Gasteiger partial charge in [-0.2, -0.15) is 0 Å². The van der Waals surface area contributed by atoms with Gasteiger partial charge in [-0.05, 0) is 31.7 Å². The van der Waals surface area contributed by atoms with Crippen molar-refractivity contribution in [3.63, 3.8) is 0 Å². The summed E-state index contributed by atoms with van der Waals surface area (Å²) in [6.45, 7) is 4.82. The van der Waals surface area contributed by atoms with E-state index in [0.717, 1.165) is 25.7 Å². The Kier molecular flexibility index (Phi) is 7.82. The largest absolute Gasteiger partial charge is 0.598 e. The number of hydrogen-bond donors (Lipinski definition) is 0. The van der Waals surface area contributed by atoms with Crippen molar-refractivity contribution in [2.75, 3.05) is 18.9 Å². The first-order chi connectivity index (χ1) is 11.7. The number of esters is 1. The number of unbranched alkanes of at least 4 members (excludes halogenated alkanes) is 1. The molecule has 2 atom stereocenters. The van der Waals surface area contributed by atoms with Gasteiger partial charge >= 0.3 is 5.97 Å². The molecule has 1 aromatic carbocycles. The van der Waals surface area contributed by atoms with Crippen LogP contribution in [0.5, 0.6) is 0 Å². The predicted octanol–water partition coefficient (Wildman–Crippen LogP) is 3.26. The van der Waals surface area contributed by atoms with Crippen LogP contribution in [-0.4, -0.2) is 39.8 Å². The lowest BCUT2D eigenvalue weighted by Crippen LogP contribution is -2.40. The van der Waals surface area contributed by atoms with Gasteiger partial charge in [-0.25, -0.2) is 4.79 Å². The van der Waals surface area contributed by atoms with Gasteiger partial charge in [-0.15, -0.1) is 4.31 Å². The molecule has 24 heavy (non-hydrogen) atoms. The van der Waals surface area contributed by atoms with Crippen LogP contribution in [-0.2, 0) is 27.3 Å². The van der Waals surface area contributed by atoms with Gasteiger partial charge in [0.2, 0.25) is 0 Å². The molecule has 0 N–H and O–H groups in total. The maximum Gasteiger partial charge on any atom is 0.335 e. The molecule has 4 nitrogen and oxygen atoms in total. The third-order valence-electron chi connectivity index (χ3n) is 4.19. The fraction of sp³-hybridized carbons (Fsp3) is 0.526. The molecule has 1 aliphatic heterocycles. The van der Waals surface area contributed by atoms with Gasteiger partial charge in [0.05, 0.1) is 24.8 Å². The molecule has 0 radical (unpaired) electrons. The summed E-state index contributed by atoms with van der Waals surface area (Å²) < 4.78 is 19.7. The minimum absolute atomic E-state index is 0.123. The van der Waals surface area contributed by atoms with E-state index in [1.54, 1.807) is 0 Å². The molecular formula is C19H27NO3S. The highest BCUT2D eigenvalue weighted by atomic mass is 32.2. The summed E-state index contributed by atoms with van der Waals surface area (Å²) in [5.41, 5.74) is 1.89. The third-order valence-corrected chi connectivity index (χ3v) is 5.76. The second-order valence-corrected chi connectivity index (χ2v) is 7.42. The lowest BCUT2D eigenvalue weighted by atomic mass is 10.0.